The largest absolute Gasteiger partial charge is 0.316 e. The summed E-state index contributed by atoms with van der Waals surface area (Å²) in [5, 5.41) is 3.11. The first kappa shape index (κ1) is 8.87. The normalized spacial score (nSPS) is 19.4. The highest BCUT2D eigenvalue weighted by Crippen LogP contribution is 2.05. The van der Waals surface area contributed by atoms with Crippen LogP contribution in [0.25, 0.3) is 0 Å². The number of nitrogens with one attached hydrogen (secondary N) is 1. The molecule has 1 saturated heterocycles. The summed E-state index contributed by atoms with van der Waals surface area (Å²) in [7, 11) is 1.74. The minimum Gasteiger partial charge on any atom is -0.316 e. The lowest BCUT2D eigenvalue weighted by molar-refractivity contribution is 0.0878. The Hall–Kier alpha value is -0.220. The van der Waals surface area contributed by atoms with E-state index in [1.165, 1.54) is 0 Å². The predicted molar refractivity (Wildman–Crippen MR) is 39.9 cm³/mol. The number of halogens is 2. The zero-order chi connectivity index (χ0) is 8.27. The van der Waals surface area contributed by atoms with Crippen LogP contribution in [0.1, 0.15) is 0 Å². The third-order valence-electron chi connectivity index (χ3n) is 1.89. The molecule has 1 fully saturated rings. The van der Waals surface area contributed by atoms with Crippen LogP contribution in [-0.4, -0.2) is 44.6 Å². The van der Waals surface area contributed by atoms with Crippen molar-refractivity contribution in [2.75, 3.05) is 33.2 Å². The molecule has 1 heterocycles. The summed E-state index contributed by atoms with van der Waals surface area (Å²) in [6.45, 7) is 2.65. The number of hydrogen-bond acceptors (Lipinski definition) is 2. The van der Waals surface area contributed by atoms with Crippen LogP contribution in [0.3, 0.4) is 0 Å². The molecule has 0 bridgehead atoms. The Labute approximate surface area is 65.6 Å². The van der Waals surface area contributed by atoms with E-state index in [1.54, 1.807) is 11.9 Å². The summed E-state index contributed by atoms with van der Waals surface area (Å²) in [6.07, 6.45) is -2.20. The summed E-state index contributed by atoms with van der Waals surface area (Å²) >= 11 is 0. The molecule has 0 aromatic carbocycles. The zero-order valence-corrected chi connectivity index (χ0v) is 6.69. The van der Waals surface area contributed by atoms with Crippen LogP contribution in [-0.2, 0) is 0 Å². The number of rotatable bonds is 4. The maximum absolute atomic E-state index is 11.8. The first-order chi connectivity index (χ1) is 5.18. The Balaban J connectivity index is 2.04. The van der Waals surface area contributed by atoms with E-state index in [0.29, 0.717) is 5.92 Å². The third kappa shape index (κ3) is 3.12. The highest BCUT2D eigenvalue weighted by molar-refractivity contribution is 4.77. The van der Waals surface area contributed by atoms with Crippen LogP contribution in [0.4, 0.5) is 8.78 Å². The van der Waals surface area contributed by atoms with Crippen molar-refractivity contribution in [2.45, 2.75) is 6.43 Å². The lowest BCUT2D eigenvalue weighted by Gasteiger charge is -2.30. The van der Waals surface area contributed by atoms with Crippen LogP contribution in [0.2, 0.25) is 0 Å². The van der Waals surface area contributed by atoms with E-state index in [9.17, 15) is 8.78 Å². The van der Waals surface area contributed by atoms with Gasteiger partial charge in [-0.3, -0.25) is 0 Å². The fourth-order valence-corrected chi connectivity index (χ4v) is 1.23. The van der Waals surface area contributed by atoms with Gasteiger partial charge in [-0.1, -0.05) is 0 Å². The molecule has 0 aliphatic carbocycles. The molecule has 1 aliphatic heterocycles. The maximum Gasteiger partial charge on any atom is 0.251 e. The van der Waals surface area contributed by atoms with Gasteiger partial charge in [0.25, 0.3) is 6.43 Å². The van der Waals surface area contributed by atoms with Gasteiger partial charge in [0, 0.05) is 19.6 Å². The SMILES string of the molecule is CN(CC(F)F)CC1CNC1. The minimum absolute atomic E-state index is 0.101. The maximum atomic E-state index is 11.8. The van der Waals surface area contributed by atoms with Crippen molar-refractivity contribution in [1.82, 2.24) is 10.2 Å². The van der Waals surface area contributed by atoms with Gasteiger partial charge in [0.15, 0.2) is 0 Å². The molecule has 1 N–H and O–H groups in total. The molecular formula is C7H14F2N2. The Morgan fingerprint density at radius 1 is 1.55 bits per heavy atom. The van der Waals surface area contributed by atoms with Gasteiger partial charge in [-0.25, -0.2) is 8.78 Å². The van der Waals surface area contributed by atoms with Crippen molar-refractivity contribution in [1.29, 1.82) is 0 Å². The van der Waals surface area contributed by atoms with Gasteiger partial charge in [-0.15, -0.1) is 0 Å². The third-order valence-corrected chi connectivity index (χ3v) is 1.89. The van der Waals surface area contributed by atoms with Gasteiger partial charge < -0.3 is 10.2 Å². The first-order valence-corrected chi connectivity index (χ1v) is 3.86. The topological polar surface area (TPSA) is 15.3 Å². The molecule has 11 heavy (non-hydrogen) atoms. The predicted octanol–water partition coefficient (Wildman–Crippen LogP) is 0.403. The Morgan fingerprint density at radius 3 is 2.55 bits per heavy atom. The van der Waals surface area contributed by atoms with Crippen LogP contribution in [0, 0.1) is 5.92 Å². The highest BCUT2D eigenvalue weighted by Gasteiger charge is 2.19. The summed E-state index contributed by atoms with van der Waals surface area (Å²) in [6, 6.07) is 0. The summed E-state index contributed by atoms with van der Waals surface area (Å²) < 4.78 is 23.6. The van der Waals surface area contributed by atoms with Crippen LogP contribution >= 0.6 is 0 Å². The molecule has 0 radical (unpaired) electrons. The second-order valence-corrected chi connectivity index (χ2v) is 3.14. The summed E-state index contributed by atoms with van der Waals surface area (Å²) in [5.74, 6) is 0.582. The number of nitrogens with zero attached hydrogens (tertiary/aromatic N) is 1. The van der Waals surface area contributed by atoms with Crippen molar-refractivity contribution >= 4 is 0 Å². The zero-order valence-electron chi connectivity index (χ0n) is 6.69. The second-order valence-electron chi connectivity index (χ2n) is 3.14. The van der Waals surface area contributed by atoms with Gasteiger partial charge >= 0.3 is 0 Å². The smallest absolute Gasteiger partial charge is 0.251 e. The number of hydrogen-bond donors (Lipinski definition) is 1. The molecule has 0 saturated carbocycles. The van der Waals surface area contributed by atoms with Crippen molar-refractivity contribution < 1.29 is 8.78 Å². The van der Waals surface area contributed by atoms with Crippen LogP contribution < -0.4 is 5.32 Å². The molecule has 4 heteroatoms. The van der Waals surface area contributed by atoms with Crippen LogP contribution in [0.15, 0.2) is 0 Å². The average Bonchev–Trinajstić information content (AvgIpc) is 1.77. The van der Waals surface area contributed by atoms with E-state index >= 15 is 0 Å². The lowest BCUT2D eigenvalue weighted by atomic mass is 10.0. The van der Waals surface area contributed by atoms with Gasteiger partial charge in [-0.2, -0.15) is 0 Å². The molecule has 0 amide bonds. The van der Waals surface area contributed by atoms with E-state index < -0.39 is 6.43 Å². The Kier molecular flexibility index (Phi) is 3.20. The molecule has 0 aromatic rings. The Bertz CT molecular complexity index is 115. The lowest BCUT2D eigenvalue weighted by Crippen LogP contribution is -2.48. The van der Waals surface area contributed by atoms with Crippen molar-refractivity contribution in [2.24, 2.45) is 5.92 Å². The molecular weight excluding hydrogens is 150 g/mol. The monoisotopic (exact) mass is 164 g/mol. The van der Waals surface area contributed by atoms with E-state index in [0.717, 1.165) is 19.6 Å². The summed E-state index contributed by atoms with van der Waals surface area (Å²) in [4.78, 5) is 1.69. The van der Waals surface area contributed by atoms with E-state index in [2.05, 4.69) is 5.32 Å². The molecule has 0 unspecified atom stereocenters. The fraction of sp³-hybridized carbons (Fsp3) is 1.00. The van der Waals surface area contributed by atoms with Crippen molar-refractivity contribution in [3.63, 3.8) is 0 Å². The standard InChI is InChI=1S/C7H14F2N2/c1-11(5-7(8)9)4-6-2-10-3-6/h6-7,10H,2-5H2,1H3. The first-order valence-electron chi connectivity index (χ1n) is 3.86. The molecule has 2 nitrogen and oxygen atoms in total. The van der Waals surface area contributed by atoms with Gasteiger partial charge in [0.1, 0.15) is 0 Å². The number of alkyl halides is 2. The van der Waals surface area contributed by atoms with E-state index in [-0.39, 0.29) is 6.54 Å². The summed E-state index contributed by atoms with van der Waals surface area (Å²) in [5.41, 5.74) is 0. The minimum atomic E-state index is -2.20. The molecule has 1 rings (SSSR count). The molecule has 0 spiro atoms. The van der Waals surface area contributed by atoms with E-state index in [1.807, 2.05) is 0 Å². The Morgan fingerprint density at radius 2 is 2.18 bits per heavy atom. The van der Waals surface area contributed by atoms with Gasteiger partial charge in [0.2, 0.25) is 0 Å². The molecule has 0 atom stereocenters. The van der Waals surface area contributed by atoms with E-state index in [4.69, 9.17) is 0 Å². The average molecular weight is 164 g/mol. The second kappa shape index (κ2) is 3.97. The molecule has 0 aromatic heterocycles. The van der Waals surface area contributed by atoms with Crippen molar-refractivity contribution in [3.8, 4) is 0 Å². The quantitative estimate of drug-likeness (QED) is 0.647. The molecule has 66 valence electrons. The van der Waals surface area contributed by atoms with Gasteiger partial charge in [-0.05, 0) is 13.0 Å². The van der Waals surface area contributed by atoms with Gasteiger partial charge in [0.05, 0.1) is 6.54 Å². The highest BCUT2D eigenvalue weighted by atomic mass is 19.3. The van der Waals surface area contributed by atoms with Crippen LogP contribution in [0.5, 0.6) is 0 Å². The fourth-order valence-electron chi connectivity index (χ4n) is 1.23. The molecule has 1 aliphatic rings. The van der Waals surface area contributed by atoms with Crippen molar-refractivity contribution in [3.05, 3.63) is 0 Å².